The number of para-hydroxylation sites is 3. The van der Waals surface area contributed by atoms with Gasteiger partial charge in [-0.1, -0.05) is 180 Å². The van der Waals surface area contributed by atoms with Crippen molar-refractivity contribution in [1.29, 1.82) is 0 Å². The van der Waals surface area contributed by atoms with Crippen LogP contribution in [-0.4, -0.2) is 19.6 Å². The van der Waals surface area contributed by atoms with E-state index >= 15 is 0 Å². The molecule has 5 heteroatoms. The second-order valence-corrected chi connectivity index (χ2v) is 18.8. The number of fused-ring (bicyclic) bond motifs is 3. The van der Waals surface area contributed by atoms with Crippen LogP contribution in [0.4, 0.5) is 0 Å². The second-order valence-electron chi connectivity index (χ2n) is 18.8. The number of nitrogens with zero attached hydrogens (tertiary/aromatic N) is 3. The Morgan fingerprint density at radius 1 is 0.477 bits per heavy atom. The van der Waals surface area contributed by atoms with Crippen LogP contribution < -0.4 is 0 Å². The number of pyridine rings is 2. The first kappa shape index (κ1) is 43.4. The predicted molar refractivity (Wildman–Crippen MR) is 267 cm³/mol. The molecule has 0 aliphatic heterocycles. The quantitative estimate of drug-likeness (QED) is 0.162. The van der Waals surface area contributed by atoms with Gasteiger partial charge in [0.05, 0.1) is 16.7 Å². The molecule has 1 N–H and O–H groups in total. The van der Waals surface area contributed by atoms with Crippen LogP contribution in [0.1, 0.15) is 52.7 Å². The summed E-state index contributed by atoms with van der Waals surface area (Å²) in [7, 11) is 0. The fourth-order valence-corrected chi connectivity index (χ4v) is 8.90. The first-order chi connectivity index (χ1) is 30.9. The third kappa shape index (κ3) is 8.36. The molecular weight excluding hydrogens is 974 g/mol. The van der Waals surface area contributed by atoms with Gasteiger partial charge in [-0.05, 0) is 86.2 Å². The second kappa shape index (κ2) is 17.3. The van der Waals surface area contributed by atoms with E-state index < -0.39 is 0 Å². The maximum Gasteiger partial charge on any atom is 0.125 e. The summed E-state index contributed by atoms with van der Waals surface area (Å²) in [5.41, 5.74) is 16.7. The fourth-order valence-electron chi connectivity index (χ4n) is 8.90. The standard InChI is InChI=1S/C60H50N3O.Pt/c1-59(2,3)45-33-43(34-46(38-45)60(4,5)6)44-36-53(62-54(37-44)57-48(25-17-29-56(57)64)39-18-9-7-10-19-39)42-21-15-20-41(32-42)52-35-40(30-31-61-52)49-26-16-27-51-50-24-13-14-28-55(50)63(58(49)51)47-22-11-8-12-23-47;/h7-31,33-38,64H,1-6H3;/q-1;. The van der Waals surface area contributed by atoms with Gasteiger partial charge in [0, 0.05) is 66.2 Å². The molecule has 65 heavy (non-hydrogen) atoms. The van der Waals surface area contributed by atoms with Gasteiger partial charge in [0.15, 0.2) is 0 Å². The maximum absolute atomic E-state index is 11.7. The molecule has 4 nitrogen and oxygen atoms in total. The Labute approximate surface area is 396 Å². The van der Waals surface area contributed by atoms with Gasteiger partial charge in [-0.15, -0.1) is 24.3 Å². The van der Waals surface area contributed by atoms with Crippen LogP contribution in [0.2, 0.25) is 0 Å². The van der Waals surface area contributed by atoms with E-state index in [-0.39, 0.29) is 37.6 Å². The molecule has 0 aliphatic carbocycles. The minimum Gasteiger partial charge on any atom is -0.507 e. The first-order valence-corrected chi connectivity index (χ1v) is 22.0. The minimum absolute atomic E-state index is 0. The molecule has 0 saturated heterocycles. The van der Waals surface area contributed by atoms with E-state index in [4.69, 9.17) is 9.97 Å². The van der Waals surface area contributed by atoms with E-state index in [1.807, 2.05) is 30.5 Å². The van der Waals surface area contributed by atoms with Crippen LogP contribution in [0.3, 0.4) is 0 Å². The molecule has 0 bridgehead atoms. The van der Waals surface area contributed by atoms with Crippen molar-refractivity contribution in [3.63, 3.8) is 0 Å². The number of benzene rings is 7. The number of hydrogen-bond acceptors (Lipinski definition) is 3. The van der Waals surface area contributed by atoms with Crippen molar-refractivity contribution in [2.45, 2.75) is 52.4 Å². The fraction of sp³-hybridized carbons (Fsp3) is 0.133. The van der Waals surface area contributed by atoms with Crippen LogP contribution >= 0.6 is 0 Å². The zero-order valence-corrected chi connectivity index (χ0v) is 39.8. The van der Waals surface area contributed by atoms with Gasteiger partial charge < -0.3 is 9.67 Å². The SMILES string of the molecule is CC(C)(C)c1cc(-c2cc(-c3[c-]c(-c4cc(-c5cccc6c7ccccc7n(-c7ccccc7)c56)ccn4)ccc3)nc(-c3c(O)cccc3-c3ccccc3)c2)cc(C(C)(C)C)c1.[Pt]. The maximum atomic E-state index is 11.7. The van der Waals surface area contributed by atoms with Gasteiger partial charge in [-0.3, -0.25) is 9.97 Å². The van der Waals surface area contributed by atoms with Gasteiger partial charge in [-0.2, -0.15) is 0 Å². The van der Waals surface area contributed by atoms with E-state index in [1.165, 1.54) is 27.4 Å². The largest absolute Gasteiger partial charge is 0.507 e. The summed E-state index contributed by atoms with van der Waals surface area (Å²) in [6, 6.07) is 67.2. The van der Waals surface area contributed by atoms with Crippen molar-refractivity contribution in [2.24, 2.45) is 0 Å². The van der Waals surface area contributed by atoms with Crippen molar-refractivity contribution in [3.05, 3.63) is 205 Å². The molecule has 7 aromatic carbocycles. The summed E-state index contributed by atoms with van der Waals surface area (Å²) >= 11 is 0. The van der Waals surface area contributed by atoms with E-state index in [1.54, 1.807) is 6.07 Å². The Kier molecular flexibility index (Phi) is 11.5. The van der Waals surface area contributed by atoms with Crippen molar-refractivity contribution in [2.75, 3.05) is 0 Å². The van der Waals surface area contributed by atoms with Gasteiger partial charge in [0.2, 0.25) is 0 Å². The predicted octanol–water partition coefficient (Wildman–Crippen LogP) is 15.7. The molecule has 0 amide bonds. The Hall–Kier alpha value is -6.87. The van der Waals surface area contributed by atoms with Crippen LogP contribution in [-0.2, 0) is 31.9 Å². The molecule has 0 radical (unpaired) electrons. The molecule has 0 aliphatic rings. The summed E-state index contributed by atoms with van der Waals surface area (Å²) in [5, 5.41) is 14.1. The van der Waals surface area contributed by atoms with Crippen LogP contribution in [0.5, 0.6) is 5.75 Å². The first-order valence-electron chi connectivity index (χ1n) is 22.0. The third-order valence-electron chi connectivity index (χ3n) is 12.3. The van der Waals surface area contributed by atoms with Crippen molar-refractivity contribution < 1.29 is 26.2 Å². The Morgan fingerprint density at radius 3 is 1.77 bits per heavy atom. The number of aromatic nitrogens is 3. The molecular formula is C60H50N3OPt-. The summed E-state index contributed by atoms with van der Waals surface area (Å²) in [4.78, 5) is 10.3. The molecule has 0 saturated carbocycles. The minimum atomic E-state index is -0.0693. The zero-order chi connectivity index (χ0) is 44.2. The Bertz CT molecular complexity index is 3320. The number of aromatic hydroxyl groups is 1. The number of hydrogen-bond donors (Lipinski definition) is 1. The van der Waals surface area contributed by atoms with E-state index in [2.05, 4.69) is 204 Å². The molecule has 10 aromatic rings. The van der Waals surface area contributed by atoms with Gasteiger partial charge in [0.25, 0.3) is 0 Å². The molecule has 322 valence electrons. The number of rotatable bonds is 7. The van der Waals surface area contributed by atoms with Crippen molar-refractivity contribution in [3.8, 4) is 78.6 Å². The van der Waals surface area contributed by atoms with E-state index in [0.717, 1.165) is 67.1 Å². The van der Waals surface area contributed by atoms with Gasteiger partial charge in [0.1, 0.15) is 5.75 Å². The van der Waals surface area contributed by atoms with Gasteiger partial charge >= 0.3 is 0 Å². The summed E-state index contributed by atoms with van der Waals surface area (Å²) in [6.07, 6.45) is 1.90. The van der Waals surface area contributed by atoms with Crippen LogP contribution in [0, 0.1) is 6.07 Å². The summed E-state index contributed by atoms with van der Waals surface area (Å²) < 4.78 is 2.37. The Balaban J connectivity index is 0.00000533. The molecule has 0 unspecified atom stereocenters. The van der Waals surface area contributed by atoms with Crippen molar-refractivity contribution >= 4 is 21.8 Å². The molecule has 0 spiro atoms. The number of phenolic OH excluding ortho intramolecular Hbond substituents is 1. The molecule has 0 fully saturated rings. The topological polar surface area (TPSA) is 50.9 Å². The smallest absolute Gasteiger partial charge is 0.125 e. The molecule has 3 heterocycles. The third-order valence-corrected chi connectivity index (χ3v) is 12.3. The van der Waals surface area contributed by atoms with Gasteiger partial charge in [-0.25, -0.2) is 0 Å². The Morgan fingerprint density at radius 2 is 1.05 bits per heavy atom. The monoisotopic (exact) mass is 1020 g/mol. The average molecular weight is 1020 g/mol. The molecule has 0 atom stereocenters. The summed E-state index contributed by atoms with van der Waals surface area (Å²) in [6.45, 7) is 13.6. The molecule has 3 aromatic heterocycles. The van der Waals surface area contributed by atoms with E-state index in [9.17, 15) is 5.11 Å². The summed E-state index contributed by atoms with van der Waals surface area (Å²) in [5.74, 6) is 0.177. The number of phenols is 1. The van der Waals surface area contributed by atoms with Crippen molar-refractivity contribution in [1.82, 2.24) is 14.5 Å². The average Bonchev–Trinajstić information content (AvgIpc) is 3.66. The molecule has 10 rings (SSSR count). The zero-order valence-electron chi connectivity index (χ0n) is 37.5. The van der Waals surface area contributed by atoms with E-state index in [0.29, 0.717) is 11.3 Å². The normalized spacial score (nSPS) is 11.8. The van der Waals surface area contributed by atoms with Crippen LogP contribution in [0.15, 0.2) is 188 Å². The van der Waals surface area contributed by atoms with Crippen LogP contribution in [0.25, 0.3) is 94.6 Å².